The monoisotopic (exact) mass is 327 g/mol. The van der Waals surface area contributed by atoms with Crippen molar-refractivity contribution in [3.63, 3.8) is 0 Å². The molecule has 0 aliphatic carbocycles. The molecule has 0 amide bonds. The summed E-state index contributed by atoms with van der Waals surface area (Å²) in [7, 11) is -2.24. The molecule has 21 heavy (non-hydrogen) atoms. The second-order valence-electron chi connectivity index (χ2n) is 4.40. The van der Waals surface area contributed by atoms with Gasteiger partial charge in [-0.05, 0) is 13.8 Å². The zero-order valence-corrected chi connectivity index (χ0v) is 13.2. The van der Waals surface area contributed by atoms with E-state index < -0.39 is 10.0 Å². The van der Waals surface area contributed by atoms with Crippen molar-refractivity contribution in [3.8, 4) is 0 Å². The molecule has 0 aromatic carbocycles. The first-order valence-electron chi connectivity index (χ1n) is 6.03. The number of hydrogen-bond acceptors (Lipinski definition) is 7. The maximum Gasteiger partial charge on any atom is 0.284 e. The molecule has 0 unspecified atom stereocenters. The van der Waals surface area contributed by atoms with Crippen LogP contribution in [-0.4, -0.2) is 30.0 Å². The van der Waals surface area contributed by atoms with E-state index in [0.29, 0.717) is 16.2 Å². The van der Waals surface area contributed by atoms with Crippen molar-refractivity contribution in [1.82, 2.24) is 14.5 Å². The van der Waals surface area contributed by atoms with Crippen molar-refractivity contribution < 1.29 is 12.9 Å². The molecule has 0 bridgehead atoms. The largest absolute Gasteiger partial charge is 0.371 e. The van der Waals surface area contributed by atoms with Crippen LogP contribution in [0, 0.1) is 13.8 Å². The van der Waals surface area contributed by atoms with Crippen LogP contribution in [0.5, 0.6) is 0 Å². The summed E-state index contributed by atoms with van der Waals surface area (Å²) in [5.74, 6) is 0.392. The molecule has 3 rings (SSSR count). The Balaban J connectivity index is 2.11. The van der Waals surface area contributed by atoms with Crippen LogP contribution in [0.4, 0.5) is 11.7 Å². The SMILES string of the molecule is CNc1nc2sccn2c1S(=O)(=O)Nc1onc(C)c1C. The Morgan fingerprint density at radius 1 is 1.38 bits per heavy atom. The number of hydrogen-bond donors (Lipinski definition) is 2. The van der Waals surface area contributed by atoms with Gasteiger partial charge in [0, 0.05) is 24.2 Å². The van der Waals surface area contributed by atoms with E-state index in [1.165, 1.54) is 15.7 Å². The van der Waals surface area contributed by atoms with Gasteiger partial charge in [-0.3, -0.25) is 4.40 Å². The van der Waals surface area contributed by atoms with E-state index in [4.69, 9.17) is 4.52 Å². The molecule has 0 radical (unpaired) electrons. The molecule has 3 aromatic rings. The van der Waals surface area contributed by atoms with Gasteiger partial charge in [0.2, 0.25) is 10.9 Å². The molecule has 0 saturated carbocycles. The molecule has 0 atom stereocenters. The van der Waals surface area contributed by atoms with Crippen molar-refractivity contribution in [3.05, 3.63) is 22.8 Å². The van der Waals surface area contributed by atoms with Gasteiger partial charge in [-0.25, -0.2) is 9.71 Å². The van der Waals surface area contributed by atoms with Crippen molar-refractivity contribution in [2.45, 2.75) is 18.9 Å². The van der Waals surface area contributed by atoms with Gasteiger partial charge in [0.25, 0.3) is 10.0 Å². The summed E-state index contributed by atoms with van der Waals surface area (Å²) in [6.07, 6.45) is 1.65. The van der Waals surface area contributed by atoms with Gasteiger partial charge in [0.1, 0.15) is 0 Å². The number of fused-ring (bicyclic) bond motifs is 1. The number of imidazole rings is 1. The van der Waals surface area contributed by atoms with Gasteiger partial charge in [-0.2, -0.15) is 8.42 Å². The van der Waals surface area contributed by atoms with Crippen molar-refractivity contribution in [2.75, 3.05) is 17.1 Å². The summed E-state index contributed by atoms with van der Waals surface area (Å²) in [5, 5.41) is 8.34. The Bertz CT molecular complexity index is 906. The highest BCUT2D eigenvalue weighted by molar-refractivity contribution is 7.92. The summed E-state index contributed by atoms with van der Waals surface area (Å²) in [5.41, 5.74) is 1.28. The number of sulfonamides is 1. The molecule has 0 spiro atoms. The summed E-state index contributed by atoms with van der Waals surface area (Å²) >= 11 is 1.35. The highest BCUT2D eigenvalue weighted by atomic mass is 32.2. The maximum atomic E-state index is 12.6. The highest BCUT2D eigenvalue weighted by Gasteiger charge is 2.27. The van der Waals surface area contributed by atoms with Gasteiger partial charge >= 0.3 is 0 Å². The van der Waals surface area contributed by atoms with E-state index in [1.54, 1.807) is 32.5 Å². The normalized spacial score (nSPS) is 12.0. The predicted molar refractivity (Wildman–Crippen MR) is 79.4 cm³/mol. The molecular weight excluding hydrogens is 314 g/mol. The molecule has 0 aliphatic rings. The second-order valence-corrected chi connectivity index (χ2v) is 6.87. The Labute approximate surface area is 124 Å². The third-order valence-corrected chi connectivity index (χ3v) is 5.20. The average molecular weight is 327 g/mol. The van der Waals surface area contributed by atoms with Gasteiger partial charge in [0.05, 0.1) is 5.69 Å². The van der Waals surface area contributed by atoms with Crippen LogP contribution in [-0.2, 0) is 10.0 Å². The number of anilines is 2. The Kier molecular flexibility index (Phi) is 3.14. The quantitative estimate of drug-likeness (QED) is 0.758. The van der Waals surface area contributed by atoms with Crippen LogP contribution in [0.25, 0.3) is 4.96 Å². The lowest BCUT2D eigenvalue weighted by Gasteiger charge is -2.06. The Hall–Kier alpha value is -2.07. The lowest BCUT2D eigenvalue weighted by atomic mass is 10.3. The minimum atomic E-state index is -3.86. The van der Waals surface area contributed by atoms with E-state index in [1.807, 2.05) is 0 Å². The molecule has 0 fully saturated rings. The minimum Gasteiger partial charge on any atom is -0.371 e. The summed E-state index contributed by atoms with van der Waals surface area (Å²) < 4.78 is 34.2. The van der Waals surface area contributed by atoms with E-state index >= 15 is 0 Å². The van der Waals surface area contributed by atoms with E-state index in [-0.39, 0.29) is 16.7 Å². The summed E-state index contributed by atoms with van der Waals surface area (Å²) in [6, 6.07) is 0. The molecule has 3 heterocycles. The molecule has 0 saturated heterocycles. The number of rotatable bonds is 4. The average Bonchev–Trinajstić information content (AvgIpc) is 3.08. The van der Waals surface area contributed by atoms with E-state index in [2.05, 4.69) is 20.2 Å². The fourth-order valence-electron chi connectivity index (χ4n) is 1.87. The second kappa shape index (κ2) is 4.74. The molecule has 3 aromatic heterocycles. The number of nitrogens with one attached hydrogen (secondary N) is 2. The van der Waals surface area contributed by atoms with Crippen LogP contribution >= 0.6 is 11.3 Å². The molecular formula is C11H13N5O3S2. The van der Waals surface area contributed by atoms with Gasteiger partial charge in [-0.15, -0.1) is 11.3 Å². The van der Waals surface area contributed by atoms with Crippen LogP contribution < -0.4 is 10.0 Å². The van der Waals surface area contributed by atoms with Gasteiger partial charge in [-0.1, -0.05) is 5.16 Å². The number of aromatic nitrogens is 3. The third-order valence-electron chi connectivity index (χ3n) is 3.09. The smallest absolute Gasteiger partial charge is 0.284 e. The third kappa shape index (κ3) is 2.16. The predicted octanol–water partition coefficient (Wildman–Crippen LogP) is 1.84. The Morgan fingerprint density at radius 2 is 2.14 bits per heavy atom. The molecule has 0 aliphatic heterocycles. The van der Waals surface area contributed by atoms with Crippen molar-refractivity contribution in [2.24, 2.45) is 0 Å². The summed E-state index contributed by atoms with van der Waals surface area (Å²) in [6.45, 7) is 3.48. The van der Waals surface area contributed by atoms with Crippen LogP contribution in [0.3, 0.4) is 0 Å². The minimum absolute atomic E-state index is 0.0368. The molecule has 8 nitrogen and oxygen atoms in total. The number of aryl methyl sites for hydroxylation is 1. The fourth-order valence-corrected chi connectivity index (χ4v) is 3.98. The van der Waals surface area contributed by atoms with Gasteiger partial charge < -0.3 is 9.84 Å². The van der Waals surface area contributed by atoms with Crippen molar-refractivity contribution in [1.29, 1.82) is 0 Å². The standard InChI is InChI=1S/C11H13N5O3S2/c1-6-7(2)14-19-9(6)15-21(17,18)10-8(12-3)13-11-16(10)4-5-20-11/h4-5,12,15H,1-3H3. The van der Waals surface area contributed by atoms with Crippen LogP contribution in [0.2, 0.25) is 0 Å². The molecule has 10 heteroatoms. The first kappa shape index (κ1) is 13.9. The lowest BCUT2D eigenvalue weighted by molar-refractivity contribution is 0.430. The van der Waals surface area contributed by atoms with E-state index in [0.717, 1.165) is 0 Å². The molecule has 112 valence electrons. The van der Waals surface area contributed by atoms with Gasteiger partial charge in [0.15, 0.2) is 10.8 Å². The summed E-state index contributed by atoms with van der Waals surface area (Å²) in [4.78, 5) is 4.82. The topological polar surface area (TPSA) is 102 Å². The highest BCUT2D eigenvalue weighted by Crippen LogP contribution is 2.28. The van der Waals surface area contributed by atoms with E-state index in [9.17, 15) is 8.42 Å². The zero-order chi connectivity index (χ0) is 15.2. The van der Waals surface area contributed by atoms with Crippen LogP contribution in [0.15, 0.2) is 21.1 Å². The fraction of sp³-hybridized carbons (Fsp3) is 0.273. The first-order chi connectivity index (χ1) is 9.94. The molecule has 2 N–H and O–H groups in total. The number of thiazole rings is 1. The lowest BCUT2D eigenvalue weighted by Crippen LogP contribution is -2.16. The zero-order valence-electron chi connectivity index (χ0n) is 11.5. The first-order valence-corrected chi connectivity index (χ1v) is 8.39. The van der Waals surface area contributed by atoms with Crippen LogP contribution in [0.1, 0.15) is 11.3 Å². The number of nitrogens with zero attached hydrogens (tertiary/aromatic N) is 3. The Morgan fingerprint density at radius 3 is 2.76 bits per heavy atom. The maximum absolute atomic E-state index is 12.6. The van der Waals surface area contributed by atoms with Crippen molar-refractivity contribution >= 4 is 38.0 Å².